The number of rotatable bonds is 6. The summed E-state index contributed by atoms with van der Waals surface area (Å²) < 4.78 is 0. The molecular formula is C13H24N4O4. The summed E-state index contributed by atoms with van der Waals surface area (Å²) in [6.07, 6.45) is 1.82. The molecule has 120 valence electrons. The van der Waals surface area contributed by atoms with Crippen LogP contribution in [-0.2, 0) is 9.59 Å². The minimum Gasteiger partial charge on any atom is -0.480 e. The molecule has 1 aliphatic heterocycles. The summed E-state index contributed by atoms with van der Waals surface area (Å²) in [6.45, 7) is 1.77. The van der Waals surface area contributed by atoms with Crippen molar-refractivity contribution in [3.05, 3.63) is 0 Å². The van der Waals surface area contributed by atoms with Gasteiger partial charge < -0.3 is 26.0 Å². The smallest absolute Gasteiger partial charge is 0.326 e. The molecule has 0 aromatic heterocycles. The van der Waals surface area contributed by atoms with Crippen LogP contribution in [0.2, 0.25) is 0 Å². The molecule has 1 unspecified atom stereocenters. The minimum atomic E-state index is -1.17. The summed E-state index contributed by atoms with van der Waals surface area (Å²) in [5.41, 5.74) is 5.00. The van der Waals surface area contributed by atoms with Gasteiger partial charge in [0.15, 0.2) is 0 Å². The van der Waals surface area contributed by atoms with Gasteiger partial charge in [0.2, 0.25) is 5.91 Å². The molecule has 8 nitrogen and oxygen atoms in total. The van der Waals surface area contributed by atoms with Crippen molar-refractivity contribution in [3.8, 4) is 0 Å². The standard InChI is InChI=1S/C13H24N4O4/c1-16-7-3-4-9(8-16)17(2)13(21)15-10(12(19)20)5-6-11(14)18/h9-10H,3-8H2,1-2H3,(H2,14,18)(H,15,21)(H,19,20)/t9?,10-/m0/s1. The van der Waals surface area contributed by atoms with Crippen molar-refractivity contribution in [3.63, 3.8) is 0 Å². The highest BCUT2D eigenvalue weighted by Crippen LogP contribution is 2.13. The summed E-state index contributed by atoms with van der Waals surface area (Å²) in [5, 5.41) is 11.5. The van der Waals surface area contributed by atoms with E-state index in [2.05, 4.69) is 10.2 Å². The van der Waals surface area contributed by atoms with Crippen LogP contribution in [0.3, 0.4) is 0 Å². The first kappa shape index (κ1) is 17.2. The third-order valence-electron chi connectivity index (χ3n) is 3.74. The van der Waals surface area contributed by atoms with Crippen molar-refractivity contribution in [1.82, 2.24) is 15.1 Å². The number of carbonyl (C=O) groups excluding carboxylic acids is 2. The summed E-state index contributed by atoms with van der Waals surface area (Å²) in [5.74, 6) is -1.75. The Kier molecular flexibility index (Phi) is 6.41. The van der Waals surface area contributed by atoms with E-state index in [0.717, 1.165) is 25.9 Å². The molecule has 3 amide bonds. The van der Waals surface area contributed by atoms with Gasteiger partial charge in [-0.2, -0.15) is 0 Å². The molecule has 2 atom stereocenters. The topological polar surface area (TPSA) is 116 Å². The lowest BCUT2D eigenvalue weighted by Crippen LogP contribution is -2.53. The van der Waals surface area contributed by atoms with Gasteiger partial charge in [0, 0.05) is 26.1 Å². The fourth-order valence-electron chi connectivity index (χ4n) is 2.42. The van der Waals surface area contributed by atoms with Crippen molar-refractivity contribution in [2.75, 3.05) is 27.2 Å². The number of primary amides is 1. The molecule has 0 aromatic carbocycles. The zero-order valence-electron chi connectivity index (χ0n) is 12.5. The minimum absolute atomic E-state index is 0.00514. The second-order valence-electron chi connectivity index (χ2n) is 5.51. The maximum absolute atomic E-state index is 12.1. The van der Waals surface area contributed by atoms with E-state index >= 15 is 0 Å². The highest BCUT2D eigenvalue weighted by Gasteiger charge is 2.27. The molecule has 1 fully saturated rings. The van der Waals surface area contributed by atoms with E-state index in [1.807, 2.05) is 7.05 Å². The van der Waals surface area contributed by atoms with E-state index in [1.165, 1.54) is 4.90 Å². The molecule has 8 heteroatoms. The van der Waals surface area contributed by atoms with E-state index in [9.17, 15) is 14.4 Å². The Morgan fingerprint density at radius 1 is 1.48 bits per heavy atom. The number of piperidine rings is 1. The molecule has 0 aliphatic carbocycles. The van der Waals surface area contributed by atoms with Gasteiger partial charge >= 0.3 is 12.0 Å². The number of carboxylic acid groups (broad SMARTS) is 1. The average Bonchev–Trinajstić information content (AvgIpc) is 2.41. The highest BCUT2D eigenvalue weighted by atomic mass is 16.4. The third kappa shape index (κ3) is 5.58. The van der Waals surface area contributed by atoms with Crippen molar-refractivity contribution in [1.29, 1.82) is 0 Å². The van der Waals surface area contributed by atoms with Gasteiger partial charge in [-0.3, -0.25) is 4.79 Å². The molecular weight excluding hydrogens is 276 g/mol. The van der Waals surface area contributed by atoms with E-state index in [1.54, 1.807) is 7.05 Å². The van der Waals surface area contributed by atoms with Gasteiger partial charge in [0.05, 0.1) is 0 Å². The fraction of sp³-hybridized carbons (Fsp3) is 0.769. The van der Waals surface area contributed by atoms with Gasteiger partial charge in [-0.1, -0.05) is 0 Å². The number of nitrogens with one attached hydrogen (secondary N) is 1. The predicted molar refractivity (Wildman–Crippen MR) is 76.7 cm³/mol. The number of likely N-dealkylation sites (tertiary alicyclic amines) is 1. The molecule has 0 saturated carbocycles. The lowest BCUT2D eigenvalue weighted by Gasteiger charge is -2.36. The quantitative estimate of drug-likeness (QED) is 0.608. The van der Waals surface area contributed by atoms with Crippen LogP contribution >= 0.6 is 0 Å². The number of nitrogens with zero attached hydrogens (tertiary/aromatic N) is 2. The fourth-order valence-corrected chi connectivity index (χ4v) is 2.42. The Bertz CT molecular complexity index is 402. The maximum atomic E-state index is 12.1. The second kappa shape index (κ2) is 7.82. The highest BCUT2D eigenvalue weighted by molar-refractivity contribution is 5.83. The van der Waals surface area contributed by atoms with Crippen LogP contribution < -0.4 is 11.1 Å². The molecule has 0 spiro atoms. The number of carbonyl (C=O) groups is 3. The van der Waals surface area contributed by atoms with Crippen LogP contribution in [0.1, 0.15) is 25.7 Å². The molecule has 1 aliphatic rings. The van der Waals surface area contributed by atoms with Gasteiger partial charge in [-0.05, 0) is 32.9 Å². The Balaban J connectivity index is 2.55. The summed E-state index contributed by atoms with van der Waals surface area (Å²) in [6, 6.07) is -1.48. The Morgan fingerprint density at radius 2 is 2.14 bits per heavy atom. The maximum Gasteiger partial charge on any atom is 0.326 e. The normalized spacial score (nSPS) is 20.6. The van der Waals surface area contributed by atoms with Crippen molar-refractivity contribution in [2.45, 2.75) is 37.8 Å². The first-order valence-corrected chi connectivity index (χ1v) is 7.04. The molecule has 21 heavy (non-hydrogen) atoms. The lowest BCUT2D eigenvalue weighted by atomic mass is 10.1. The van der Waals surface area contributed by atoms with Gasteiger partial charge in [0.25, 0.3) is 0 Å². The molecule has 1 rings (SSSR count). The molecule has 0 aromatic rings. The number of hydrogen-bond donors (Lipinski definition) is 3. The number of likely N-dealkylation sites (N-methyl/N-ethyl adjacent to an activating group) is 2. The first-order chi connectivity index (χ1) is 9.81. The number of nitrogens with two attached hydrogens (primary N) is 1. The van der Waals surface area contributed by atoms with Crippen molar-refractivity contribution in [2.24, 2.45) is 5.73 Å². The molecule has 0 bridgehead atoms. The number of amides is 3. The van der Waals surface area contributed by atoms with E-state index in [0.29, 0.717) is 0 Å². The molecule has 4 N–H and O–H groups in total. The zero-order valence-corrected chi connectivity index (χ0v) is 12.5. The number of urea groups is 1. The van der Waals surface area contributed by atoms with E-state index < -0.39 is 23.9 Å². The summed E-state index contributed by atoms with van der Waals surface area (Å²) >= 11 is 0. The van der Waals surface area contributed by atoms with Gasteiger partial charge in [-0.25, -0.2) is 9.59 Å². The third-order valence-corrected chi connectivity index (χ3v) is 3.74. The average molecular weight is 300 g/mol. The Hall–Kier alpha value is -1.83. The van der Waals surface area contributed by atoms with E-state index in [4.69, 9.17) is 10.8 Å². The molecule has 0 radical (unpaired) electrons. The number of aliphatic carboxylic acids is 1. The summed E-state index contributed by atoms with van der Waals surface area (Å²) in [7, 11) is 3.65. The van der Waals surface area contributed by atoms with Crippen LogP contribution in [0.15, 0.2) is 0 Å². The first-order valence-electron chi connectivity index (χ1n) is 7.04. The van der Waals surface area contributed by atoms with Crippen LogP contribution in [0.25, 0.3) is 0 Å². The van der Waals surface area contributed by atoms with Crippen molar-refractivity contribution >= 4 is 17.9 Å². The SMILES string of the molecule is CN1CCCC(N(C)C(=O)N[C@@H](CCC(N)=O)C(=O)O)C1. The van der Waals surface area contributed by atoms with Crippen LogP contribution in [0.5, 0.6) is 0 Å². The number of hydrogen-bond acceptors (Lipinski definition) is 4. The van der Waals surface area contributed by atoms with Crippen LogP contribution in [0, 0.1) is 0 Å². The second-order valence-corrected chi connectivity index (χ2v) is 5.51. The Morgan fingerprint density at radius 3 is 2.67 bits per heavy atom. The lowest BCUT2D eigenvalue weighted by molar-refractivity contribution is -0.139. The monoisotopic (exact) mass is 300 g/mol. The molecule has 1 heterocycles. The van der Waals surface area contributed by atoms with Crippen LogP contribution in [-0.4, -0.2) is 72.1 Å². The number of carboxylic acids is 1. The largest absolute Gasteiger partial charge is 0.480 e. The van der Waals surface area contributed by atoms with E-state index in [-0.39, 0.29) is 18.9 Å². The zero-order chi connectivity index (χ0) is 16.0. The van der Waals surface area contributed by atoms with Gasteiger partial charge in [0.1, 0.15) is 6.04 Å². The van der Waals surface area contributed by atoms with Crippen LogP contribution in [0.4, 0.5) is 4.79 Å². The predicted octanol–water partition coefficient (Wildman–Crippen LogP) is -0.559. The van der Waals surface area contributed by atoms with Crippen molar-refractivity contribution < 1.29 is 19.5 Å². The summed E-state index contributed by atoms with van der Waals surface area (Å²) in [4.78, 5) is 37.6. The molecule has 1 saturated heterocycles. The van der Waals surface area contributed by atoms with Gasteiger partial charge in [-0.15, -0.1) is 0 Å². The Labute approximate surface area is 124 Å².